The molecule has 0 saturated carbocycles. The summed E-state index contributed by atoms with van der Waals surface area (Å²) in [6.07, 6.45) is 3.00. The summed E-state index contributed by atoms with van der Waals surface area (Å²) in [5, 5.41) is 6.80. The minimum Gasteiger partial charge on any atom is -0.385 e. The van der Waals surface area contributed by atoms with Gasteiger partial charge in [-0.2, -0.15) is 0 Å². The maximum Gasteiger partial charge on any atom is 0.0562 e. The first-order valence-corrected chi connectivity index (χ1v) is 5.95. The highest BCUT2D eigenvalue weighted by Crippen LogP contribution is 2.09. The Morgan fingerprint density at radius 3 is 2.69 bits per heavy atom. The summed E-state index contributed by atoms with van der Waals surface area (Å²) in [6.45, 7) is 10.5. The summed E-state index contributed by atoms with van der Waals surface area (Å²) in [7, 11) is 0. The normalized spacial score (nSPS) is 11.5. The number of aromatic nitrogens is 1. The van der Waals surface area contributed by atoms with E-state index in [2.05, 4.69) is 49.4 Å². The predicted octanol–water partition coefficient (Wildman–Crippen LogP) is 2.79. The van der Waals surface area contributed by atoms with Crippen molar-refractivity contribution in [2.75, 3.05) is 11.9 Å². The third-order valence-corrected chi connectivity index (χ3v) is 2.20. The third-order valence-electron chi connectivity index (χ3n) is 2.20. The minimum atomic E-state index is 0.133. The molecule has 1 rings (SSSR count). The second-order valence-electron chi connectivity index (χ2n) is 5.07. The highest BCUT2D eigenvalue weighted by molar-refractivity contribution is 5.43. The van der Waals surface area contributed by atoms with Gasteiger partial charge in [-0.1, -0.05) is 6.92 Å². The molecule has 3 heteroatoms. The monoisotopic (exact) mass is 221 g/mol. The van der Waals surface area contributed by atoms with Crippen molar-refractivity contribution >= 4 is 5.69 Å². The zero-order valence-electron chi connectivity index (χ0n) is 10.8. The summed E-state index contributed by atoms with van der Waals surface area (Å²) >= 11 is 0. The van der Waals surface area contributed by atoms with Crippen molar-refractivity contribution in [2.24, 2.45) is 0 Å². The van der Waals surface area contributed by atoms with Crippen LogP contribution in [0.3, 0.4) is 0 Å². The van der Waals surface area contributed by atoms with Gasteiger partial charge in [0.05, 0.1) is 5.69 Å². The third kappa shape index (κ3) is 5.12. The smallest absolute Gasteiger partial charge is 0.0562 e. The Morgan fingerprint density at radius 1 is 1.31 bits per heavy atom. The molecule has 0 bridgehead atoms. The number of anilines is 1. The first-order chi connectivity index (χ1) is 7.51. The zero-order chi connectivity index (χ0) is 12.0. The topological polar surface area (TPSA) is 37.0 Å². The number of hydrogen-bond acceptors (Lipinski definition) is 3. The molecule has 0 atom stereocenters. The molecule has 16 heavy (non-hydrogen) atoms. The van der Waals surface area contributed by atoms with Crippen LogP contribution in [0.15, 0.2) is 18.3 Å². The van der Waals surface area contributed by atoms with Crippen LogP contribution in [-0.4, -0.2) is 17.1 Å². The van der Waals surface area contributed by atoms with Crippen molar-refractivity contribution in [1.29, 1.82) is 0 Å². The fraction of sp³-hybridized carbons (Fsp3) is 0.615. The molecule has 3 nitrogen and oxygen atoms in total. The van der Waals surface area contributed by atoms with Gasteiger partial charge in [0.15, 0.2) is 0 Å². The van der Waals surface area contributed by atoms with Crippen LogP contribution in [0.2, 0.25) is 0 Å². The molecule has 2 N–H and O–H groups in total. The molecule has 90 valence electrons. The van der Waals surface area contributed by atoms with Crippen molar-refractivity contribution in [3.8, 4) is 0 Å². The van der Waals surface area contributed by atoms with Gasteiger partial charge >= 0.3 is 0 Å². The van der Waals surface area contributed by atoms with E-state index in [1.807, 2.05) is 12.3 Å². The summed E-state index contributed by atoms with van der Waals surface area (Å²) in [5.74, 6) is 0. The van der Waals surface area contributed by atoms with Crippen LogP contribution in [0.1, 0.15) is 39.8 Å². The molecular formula is C13H23N3. The van der Waals surface area contributed by atoms with Gasteiger partial charge in [-0.15, -0.1) is 0 Å². The first kappa shape index (κ1) is 13.0. The highest BCUT2D eigenvalue weighted by atomic mass is 15.0. The number of rotatable bonds is 5. The summed E-state index contributed by atoms with van der Waals surface area (Å²) in [4.78, 5) is 4.35. The highest BCUT2D eigenvalue weighted by Gasteiger charge is 2.08. The quantitative estimate of drug-likeness (QED) is 0.803. The molecule has 0 radical (unpaired) electrons. The second-order valence-corrected chi connectivity index (χ2v) is 5.07. The Morgan fingerprint density at radius 2 is 2.06 bits per heavy atom. The average molecular weight is 221 g/mol. The summed E-state index contributed by atoms with van der Waals surface area (Å²) < 4.78 is 0. The lowest BCUT2D eigenvalue weighted by molar-refractivity contribution is 0.421. The Bertz CT molecular complexity index is 315. The first-order valence-electron chi connectivity index (χ1n) is 5.95. The van der Waals surface area contributed by atoms with Crippen LogP contribution in [-0.2, 0) is 6.54 Å². The van der Waals surface area contributed by atoms with Gasteiger partial charge in [-0.3, -0.25) is 4.98 Å². The average Bonchev–Trinajstić information content (AvgIpc) is 2.23. The van der Waals surface area contributed by atoms with Gasteiger partial charge in [0.25, 0.3) is 0 Å². The predicted molar refractivity (Wildman–Crippen MR) is 69.6 cm³/mol. The summed E-state index contributed by atoms with van der Waals surface area (Å²) in [5.41, 5.74) is 2.37. The van der Waals surface area contributed by atoms with Crippen molar-refractivity contribution in [1.82, 2.24) is 10.3 Å². The maximum absolute atomic E-state index is 4.35. The Labute approximate surface area is 98.7 Å². The fourth-order valence-electron chi connectivity index (χ4n) is 1.31. The molecule has 0 aliphatic carbocycles. The van der Waals surface area contributed by atoms with Gasteiger partial charge in [0.2, 0.25) is 0 Å². The molecular weight excluding hydrogens is 198 g/mol. The van der Waals surface area contributed by atoms with E-state index in [0.29, 0.717) is 0 Å². The van der Waals surface area contributed by atoms with Gasteiger partial charge < -0.3 is 10.6 Å². The molecule has 0 saturated heterocycles. The van der Waals surface area contributed by atoms with Crippen molar-refractivity contribution < 1.29 is 0 Å². The SMILES string of the molecule is CCCNc1ccnc(CNC(C)(C)C)c1. The second kappa shape index (κ2) is 5.85. The molecule has 0 aliphatic heterocycles. The van der Waals surface area contributed by atoms with E-state index >= 15 is 0 Å². The van der Waals surface area contributed by atoms with E-state index in [-0.39, 0.29) is 5.54 Å². The lowest BCUT2D eigenvalue weighted by atomic mass is 10.1. The molecule has 1 aromatic heterocycles. The van der Waals surface area contributed by atoms with Crippen LogP contribution in [0, 0.1) is 0 Å². The number of pyridine rings is 1. The van der Waals surface area contributed by atoms with E-state index in [1.54, 1.807) is 0 Å². The molecule has 1 aromatic rings. The number of nitrogens with zero attached hydrogens (tertiary/aromatic N) is 1. The Balaban J connectivity index is 2.53. The molecule has 0 unspecified atom stereocenters. The van der Waals surface area contributed by atoms with Crippen molar-refractivity contribution in [3.05, 3.63) is 24.0 Å². The standard InChI is InChI=1S/C13H23N3/c1-5-7-14-11-6-8-15-12(9-11)10-16-13(2,3)4/h6,8-9,16H,5,7,10H2,1-4H3,(H,14,15). The zero-order valence-corrected chi connectivity index (χ0v) is 10.8. The van der Waals surface area contributed by atoms with E-state index in [9.17, 15) is 0 Å². The van der Waals surface area contributed by atoms with E-state index in [4.69, 9.17) is 0 Å². The van der Waals surface area contributed by atoms with Gasteiger partial charge in [0.1, 0.15) is 0 Å². The van der Waals surface area contributed by atoms with Crippen LogP contribution < -0.4 is 10.6 Å². The van der Waals surface area contributed by atoms with Crippen LogP contribution in [0.25, 0.3) is 0 Å². The molecule has 0 amide bonds. The molecule has 0 spiro atoms. The summed E-state index contributed by atoms with van der Waals surface area (Å²) in [6, 6.07) is 4.12. The lowest BCUT2D eigenvalue weighted by Gasteiger charge is -2.20. The van der Waals surface area contributed by atoms with Gasteiger partial charge in [-0.25, -0.2) is 0 Å². The number of nitrogens with one attached hydrogen (secondary N) is 2. The largest absolute Gasteiger partial charge is 0.385 e. The Kier molecular flexibility index (Phi) is 4.74. The Hall–Kier alpha value is -1.09. The van der Waals surface area contributed by atoms with E-state index in [0.717, 1.165) is 30.9 Å². The molecule has 0 aromatic carbocycles. The molecule has 0 fully saturated rings. The molecule has 0 aliphatic rings. The van der Waals surface area contributed by atoms with E-state index < -0.39 is 0 Å². The van der Waals surface area contributed by atoms with Gasteiger partial charge in [-0.05, 0) is 39.3 Å². The van der Waals surface area contributed by atoms with Crippen LogP contribution in [0.5, 0.6) is 0 Å². The minimum absolute atomic E-state index is 0.133. The van der Waals surface area contributed by atoms with Crippen molar-refractivity contribution in [2.45, 2.75) is 46.2 Å². The van der Waals surface area contributed by atoms with Crippen LogP contribution >= 0.6 is 0 Å². The van der Waals surface area contributed by atoms with E-state index in [1.165, 1.54) is 0 Å². The van der Waals surface area contributed by atoms with Crippen molar-refractivity contribution in [3.63, 3.8) is 0 Å². The maximum atomic E-state index is 4.35. The number of hydrogen-bond donors (Lipinski definition) is 2. The molecule has 1 heterocycles. The lowest BCUT2D eigenvalue weighted by Crippen LogP contribution is -2.35. The van der Waals surface area contributed by atoms with Crippen LogP contribution in [0.4, 0.5) is 5.69 Å². The fourth-order valence-corrected chi connectivity index (χ4v) is 1.31. The van der Waals surface area contributed by atoms with Gasteiger partial charge in [0, 0.05) is 30.5 Å².